The lowest BCUT2D eigenvalue weighted by Crippen LogP contribution is -1.97. The van der Waals surface area contributed by atoms with E-state index in [1.165, 1.54) is 24.6 Å². The van der Waals surface area contributed by atoms with Gasteiger partial charge in [-0.25, -0.2) is 0 Å². The van der Waals surface area contributed by atoms with E-state index in [1.54, 1.807) is 0 Å². The smallest absolute Gasteiger partial charge is 0.0325 e. The van der Waals surface area contributed by atoms with E-state index < -0.39 is 13.1 Å². The van der Waals surface area contributed by atoms with Crippen molar-refractivity contribution in [3.8, 4) is 0 Å². The third-order valence-corrected chi connectivity index (χ3v) is 18.6. The molecule has 12 heavy (non-hydrogen) atoms. The van der Waals surface area contributed by atoms with E-state index >= 15 is 0 Å². The molecule has 0 fully saturated rings. The molecule has 74 valence electrons. The molecule has 0 saturated heterocycles. The van der Waals surface area contributed by atoms with E-state index in [4.69, 9.17) is 0 Å². The van der Waals surface area contributed by atoms with Crippen LogP contribution in [0.4, 0.5) is 0 Å². The van der Waals surface area contributed by atoms with Gasteiger partial charge in [0.25, 0.3) is 0 Å². The maximum Gasteiger partial charge on any atom is -0.0325 e. The molecule has 0 atom stereocenters. The SMILES string of the molecule is C=P(CC)(CC)P(=C)(CC)CC. The highest BCUT2D eigenvalue weighted by Crippen LogP contribution is 2.79. The minimum absolute atomic E-state index is 0.903. The van der Waals surface area contributed by atoms with Gasteiger partial charge in [0, 0.05) is 0 Å². The molecule has 0 aliphatic heterocycles. The lowest BCUT2D eigenvalue weighted by atomic mass is 11.0. The average Bonchev–Trinajstić information content (AvgIpc) is 2.15. The Labute approximate surface area is 78.6 Å². The molecule has 0 aliphatic rings. The summed E-state index contributed by atoms with van der Waals surface area (Å²) in [5, 5.41) is 0. The summed E-state index contributed by atoms with van der Waals surface area (Å²) < 4.78 is 0. The first-order valence-corrected chi connectivity index (χ1v) is 10.3. The Kier molecular flexibility index (Phi) is 4.97. The van der Waals surface area contributed by atoms with Gasteiger partial charge >= 0.3 is 0 Å². The molecule has 0 N–H and O–H groups in total. The van der Waals surface area contributed by atoms with Crippen LogP contribution >= 0.6 is 13.1 Å². The highest BCUT2D eigenvalue weighted by Gasteiger charge is 2.23. The van der Waals surface area contributed by atoms with Gasteiger partial charge in [0.15, 0.2) is 0 Å². The standard InChI is InChI=1S/C10H24P2/c1-7-11(5,8-2)12(6,9-3)10-4/h5-10H2,1-4H3. The summed E-state index contributed by atoms with van der Waals surface area (Å²) in [4.78, 5) is 0. The quantitative estimate of drug-likeness (QED) is 0.599. The van der Waals surface area contributed by atoms with Gasteiger partial charge in [-0.05, 0) is 24.6 Å². The molecular weight excluding hydrogens is 182 g/mol. The van der Waals surface area contributed by atoms with E-state index in [0.717, 1.165) is 0 Å². The van der Waals surface area contributed by atoms with Crippen LogP contribution in [0.3, 0.4) is 0 Å². The lowest BCUT2D eigenvalue weighted by molar-refractivity contribution is 1.40. The van der Waals surface area contributed by atoms with E-state index in [0.29, 0.717) is 0 Å². The Balaban J connectivity index is 4.94. The molecule has 2 heteroatoms. The Hall–Kier alpha value is 0.600. The molecule has 0 aromatic heterocycles. The van der Waals surface area contributed by atoms with E-state index in [2.05, 4.69) is 40.3 Å². The summed E-state index contributed by atoms with van der Waals surface area (Å²) in [7, 11) is 0. The van der Waals surface area contributed by atoms with Crippen LogP contribution in [0.25, 0.3) is 0 Å². The van der Waals surface area contributed by atoms with Crippen LogP contribution in [0.1, 0.15) is 27.7 Å². The van der Waals surface area contributed by atoms with Gasteiger partial charge in [0.1, 0.15) is 0 Å². The van der Waals surface area contributed by atoms with Crippen molar-refractivity contribution in [3.63, 3.8) is 0 Å². The maximum atomic E-state index is 4.52. The average molecular weight is 206 g/mol. The van der Waals surface area contributed by atoms with E-state index in [9.17, 15) is 0 Å². The van der Waals surface area contributed by atoms with Crippen LogP contribution in [-0.4, -0.2) is 37.2 Å². The molecule has 0 aromatic rings. The third-order valence-electron chi connectivity index (χ3n) is 3.25. The highest BCUT2D eigenvalue weighted by atomic mass is 32.1. The molecular formula is C10H24P2. The topological polar surface area (TPSA) is 0 Å². The van der Waals surface area contributed by atoms with Crippen LogP contribution in [0, 0.1) is 0 Å². The summed E-state index contributed by atoms with van der Waals surface area (Å²) in [6, 6.07) is 0. The van der Waals surface area contributed by atoms with Gasteiger partial charge in [0.2, 0.25) is 0 Å². The third kappa shape index (κ3) is 2.09. The fourth-order valence-electron chi connectivity index (χ4n) is 1.65. The van der Waals surface area contributed by atoms with Gasteiger partial charge in [0.05, 0.1) is 0 Å². The van der Waals surface area contributed by atoms with Gasteiger partial charge in [-0.3, -0.25) is 0 Å². The van der Waals surface area contributed by atoms with Gasteiger partial charge in [-0.1, -0.05) is 53.4 Å². The molecule has 0 amide bonds. The Morgan fingerprint density at radius 2 is 0.833 bits per heavy atom. The first-order valence-electron chi connectivity index (χ1n) is 4.93. The molecule has 0 saturated carbocycles. The summed E-state index contributed by atoms with van der Waals surface area (Å²) in [5.74, 6) is 0. The largest absolute Gasteiger partial charge is 0.0968 e. The number of rotatable bonds is 5. The minimum atomic E-state index is -0.903. The lowest BCUT2D eigenvalue weighted by Gasteiger charge is -2.36. The highest BCUT2D eigenvalue weighted by molar-refractivity contribution is 8.43. The fraction of sp³-hybridized carbons (Fsp3) is 0.800. The first kappa shape index (κ1) is 12.6. The van der Waals surface area contributed by atoms with Gasteiger partial charge in [-0.2, -0.15) is 0 Å². The second-order valence-corrected chi connectivity index (χ2v) is 15.5. The Bertz CT molecular complexity index is 176. The van der Waals surface area contributed by atoms with Crippen molar-refractivity contribution in [1.29, 1.82) is 0 Å². The van der Waals surface area contributed by atoms with Gasteiger partial charge < -0.3 is 0 Å². The zero-order chi connectivity index (χ0) is 9.83. The van der Waals surface area contributed by atoms with Crippen molar-refractivity contribution in [1.82, 2.24) is 0 Å². The summed E-state index contributed by atoms with van der Waals surface area (Å²) in [6.45, 7) is 7.40. The van der Waals surface area contributed by atoms with Crippen molar-refractivity contribution in [2.24, 2.45) is 0 Å². The second-order valence-electron chi connectivity index (χ2n) is 3.46. The Morgan fingerprint density at radius 1 is 0.667 bits per heavy atom. The molecule has 0 heterocycles. The predicted octanol–water partition coefficient (Wildman–Crippen LogP) is 3.88. The molecule has 0 nitrogen and oxygen atoms in total. The molecule has 0 aromatic carbocycles. The normalized spacial score (nSPS) is 13.3. The zero-order valence-electron chi connectivity index (χ0n) is 9.14. The predicted molar refractivity (Wildman–Crippen MR) is 70.2 cm³/mol. The van der Waals surface area contributed by atoms with Crippen molar-refractivity contribution in [3.05, 3.63) is 0 Å². The fourth-order valence-corrected chi connectivity index (χ4v) is 12.1. The number of hydrogen-bond donors (Lipinski definition) is 0. The zero-order valence-corrected chi connectivity index (χ0v) is 10.9. The second kappa shape index (κ2) is 4.73. The summed E-state index contributed by atoms with van der Waals surface area (Å²) in [6.07, 6.45) is 14.2. The summed E-state index contributed by atoms with van der Waals surface area (Å²) >= 11 is 0. The van der Waals surface area contributed by atoms with Crippen molar-refractivity contribution < 1.29 is 0 Å². The van der Waals surface area contributed by atoms with Crippen molar-refractivity contribution in [2.45, 2.75) is 27.7 Å². The van der Waals surface area contributed by atoms with Crippen LogP contribution in [0.5, 0.6) is 0 Å². The molecule has 0 radical (unpaired) electrons. The minimum Gasteiger partial charge on any atom is -0.0968 e. The number of hydrogen-bond acceptors (Lipinski definition) is 0. The van der Waals surface area contributed by atoms with Crippen molar-refractivity contribution >= 4 is 25.7 Å². The van der Waals surface area contributed by atoms with Crippen LogP contribution in [-0.2, 0) is 0 Å². The molecule has 0 spiro atoms. The monoisotopic (exact) mass is 206 g/mol. The summed E-state index contributed by atoms with van der Waals surface area (Å²) in [5.41, 5.74) is 0. The van der Waals surface area contributed by atoms with Gasteiger partial charge in [-0.15, -0.1) is 0 Å². The van der Waals surface area contributed by atoms with Crippen LogP contribution in [0.2, 0.25) is 0 Å². The van der Waals surface area contributed by atoms with Crippen LogP contribution in [0.15, 0.2) is 0 Å². The van der Waals surface area contributed by atoms with E-state index in [1.807, 2.05) is 0 Å². The Morgan fingerprint density at radius 3 is 0.917 bits per heavy atom. The van der Waals surface area contributed by atoms with Crippen LogP contribution < -0.4 is 0 Å². The molecule has 0 bridgehead atoms. The van der Waals surface area contributed by atoms with Crippen molar-refractivity contribution in [2.75, 3.05) is 24.6 Å². The first-order chi connectivity index (χ1) is 5.49. The van der Waals surface area contributed by atoms with E-state index in [-0.39, 0.29) is 0 Å². The molecule has 0 aliphatic carbocycles. The molecule has 0 rings (SSSR count). The molecule has 0 unspecified atom stereocenters. The maximum absolute atomic E-state index is 4.52.